The molecule has 3 heteroatoms. The zero-order chi connectivity index (χ0) is 7.82. The van der Waals surface area contributed by atoms with Crippen LogP contribution in [0.1, 0.15) is 6.42 Å². The Morgan fingerprint density at radius 1 is 1.60 bits per heavy atom. The van der Waals surface area contributed by atoms with Crippen molar-refractivity contribution >= 4 is 5.97 Å². The van der Waals surface area contributed by atoms with Gasteiger partial charge in [-0.2, -0.15) is 5.26 Å². The van der Waals surface area contributed by atoms with Gasteiger partial charge in [0, 0.05) is 6.08 Å². The van der Waals surface area contributed by atoms with Gasteiger partial charge in [0.05, 0.1) is 12.5 Å². The zero-order valence-corrected chi connectivity index (χ0v) is 5.32. The Bertz CT molecular complexity index is 198. The van der Waals surface area contributed by atoms with Crippen molar-refractivity contribution in [3.8, 4) is 6.07 Å². The standard InChI is InChI=1S/C7H7NO2/c8-6-4-2-1-3-5-7(9)10/h1-3,5H,4H2,(H,9,10). The minimum Gasteiger partial charge on any atom is -0.478 e. The smallest absolute Gasteiger partial charge is 0.328 e. The molecule has 0 unspecified atom stereocenters. The van der Waals surface area contributed by atoms with Gasteiger partial charge in [-0.25, -0.2) is 4.79 Å². The van der Waals surface area contributed by atoms with E-state index in [4.69, 9.17) is 10.4 Å². The van der Waals surface area contributed by atoms with Crippen LogP contribution in [0.3, 0.4) is 0 Å². The summed E-state index contributed by atoms with van der Waals surface area (Å²) in [5.74, 6) is -0.985. The number of nitrogens with zero attached hydrogens (tertiary/aromatic N) is 1. The fraction of sp³-hybridized carbons (Fsp3) is 0.143. The molecule has 0 bridgehead atoms. The van der Waals surface area contributed by atoms with E-state index >= 15 is 0 Å². The highest BCUT2D eigenvalue weighted by atomic mass is 16.4. The molecule has 0 aromatic rings. The largest absolute Gasteiger partial charge is 0.478 e. The average Bonchev–Trinajstić information content (AvgIpc) is 1.87. The number of carboxylic acids is 1. The van der Waals surface area contributed by atoms with E-state index in [0.29, 0.717) is 6.42 Å². The van der Waals surface area contributed by atoms with Gasteiger partial charge in [0.25, 0.3) is 0 Å². The van der Waals surface area contributed by atoms with Gasteiger partial charge in [0.1, 0.15) is 0 Å². The molecule has 0 heterocycles. The molecule has 0 radical (unpaired) electrons. The Morgan fingerprint density at radius 3 is 2.80 bits per heavy atom. The molecular formula is C7H7NO2. The van der Waals surface area contributed by atoms with E-state index in [9.17, 15) is 4.79 Å². The van der Waals surface area contributed by atoms with Crippen molar-refractivity contribution in [3.05, 3.63) is 24.3 Å². The lowest BCUT2D eigenvalue weighted by Gasteiger charge is -1.74. The molecule has 0 spiro atoms. The number of hydrogen-bond donors (Lipinski definition) is 1. The van der Waals surface area contributed by atoms with Crippen LogP contribution in [0.5, 0.6) is 0 Å². The van der Waals surface area contributed by atoms with E-state index in [-0.39, 0.29) is 0 Å². The Kier molecular flexibility index (Phi) is 4.70. The number of carbonyl (C=O) groups is 1. The van der Waals surface area contributed by atoms with E-state index < -0.39 is 5.97 Å². The molecule has 0 aliphatic heterocycles. The molecule has 0 aromatic carbocycles. The van der Waals surface area contributed by atoms with Gasteiger partial charge in [0.15, 0.2) is 0 Å². The molecule has 0 saturated carbocycles. The Labute approximate surface area is 58.9 Å². The van der Waals surface area contributed by atoms with Gasteiger partial charge in [-0.3, -0.25) is 0 Å². The van der Waals surface area contributed by atoms with Crippen molar-refractivity contribution in [3.63, 3.8) is 0 Å². The quantitative estimate of drug-likeness (QED) is 0.468. The molecular weight excluding hydrogens is 130 g/mol. The number of carboxylic acid groups (broad SMARTS) is 1. The average molecular weight is 137 g/mol. The highest BCUT2D eigenvalue weighted by Crippen LogP contribution is 1.81. The Balaban J connectivity index is 3.54. The van der Waals surface area contributed by atoms with Crippen molar-refractivity contribution in [1.29, 1.82) is 5.26 Å². The highest BCUT2D eigenvalue weighted by molar-refractivity contribution is 5.80. The molecule has 3 nitrogen and oxygen atoms in total. The van der Waals surface area contributed by atoms with Gasteiger partial charge in [-0.05, 0) is 0 Å². The van der Waals surface area contributed by atoms with Crippen molar-refractivity contribution < 1.29 is 9.90 Å². The lowest BCUT2D eigenvalue weighted by molar-refractivity contribution is -0.131. The minimum atomic E-state index is -0.985. The maximum Gasteiger partial charge on any atom is 0.328 e. The fourth-order valence-corrected chi connectivity index (χ4v) is 0.337. The van der Waals surface area contributed by atoms with Gasteiger partial charge >= 0.3 is 5.97 Å². The number of nitriles is 1. The van der Waals surface area contributed by atoms with E-state index in [1.165, 1.54) is 12.2 Å². The molecule has 1 N–H and O–H groups in total. The molecule has 0 fully saturated rings. The maximum atomic E-state index is 9.85. The second-order valence-electron chi connectivity index (χ2n) is 1.49. The Hall–Kier alpha value is -1.56. The first-order valence-electron chi connectivity index (χ1n) is 2.70. The first kappa shape index (κ1) is 8.44. The van der Waals surface area contributed by atoms with Gasteiger partial charge in [-0.15, -0.1) is 0 Å². The normalized spacial score (nSPS) is 10.3. The van der Waals surface area contributed by atoms with E-state index in [2.05, 4.69) is 0 Å². The Morgan fingerprint density at radius 2 is 2.30 bits per heavy atom. The van der Waals surface area contributed by atoms with Crippen molar-refractivity contribution in [2.75, 3.05) is 0 Å². The van der Waals surface area contributed by atoms with Gasteiger partial charge in [0.2, 0.25) is 0 Å². The van der Waals surface area contributed by atoms with Crippen LogP contribution in [0.2, 0.25) is 0 Å². The second kappa shape index (κ2) is 5.57. The summed E-state index contributed by atoms with van der Waals surface area (Å²) in [6, 6.07) is 1.89. The van der Waals surface area contributed by atoms with E-state index in [1.54, 1.807) is 6.08 Å². The lowest BCUT2D eigenvalue weighted by Crippen LogP contribution is -1.84. The monoisotopic (exact) mass is 137 g/mol. The van der Waals surface area contributed by atoms with Crippen LogP contribution in [0.15, 0.2) is 24.3 Å². The van der Waals surface area contributed by atoms with E-state index in [0.717, 1.165) is 6.08 Å². The molecule has 0 aliphatic rings. The van der Waals surface area contributed by atoms with Crippen LogP contribution in [0.25, 0.3) is 0 Å². The predicted molar refractivity (Wildman–Crippen MR) is 36.1 cm³/mol. The lowest BCUT2D eigenvalue weighted by atomic mass is 10.4. The number of allylic oxidation sites excluding steroid dienone is 3. The summed E-state index contributed by atoms with van der Waals surface area (Å²) in [5, 5.41) is 16.1. The van der Waals surface area contributed by atoms with Gasteiger partial charge in [-0.1, -0.05) is 18.2 Å². The molecule has 0 saturated heterocycles. The van der Waals surface area contributed by atoms with Crippen LogP contribution in [0, 0.1) is 11.3 Å². The third-order valence-electron chi connectivity index (χ3n) is 0.695. The van der Waals surface area contributed by atoms with Crippen molar-refractivity contribution in [2.24, 2.45) is 0 Å². The number of rotatable bonds is 3. The summed E-state index contributed by atoms with van der Waals surface area (Å²) in [7, 11) is 0. The van der Waals surface area contributed by atoms with Gasteiger partial charge < -0.3 is 5.11 Å². The maximum absolute atomic E-state index is 9.85. The topological polar surface area (TPSA) is 61.1 Å². The molecule has 0 aromatic heterocycles. The van der Waals surface area contributed by atoms with Crippen molar-refractivity contribution in [1.82, 2.24) is 0 Å². The summed E-state index contributed by atoms with van der Waals surface area (Å²) in [6.07, 6.45) is 5.80. The molecule has 0 atom stereocenters. The molecule has 0 rings (SSSR count). The molecule has 0 aliphatic carbocycles. The summed E-state index contributed by atoms with van der Waals surface area (Å²) in [5.41, 5.74) is 0. The summed E-state index contributed by atoms with van der Waals surface area (Å²) in [6.45, 7) is 0. The summed E-state index contributed by atoms with van der Waals surface area (Å²) in [4.78, 5) is 9.85. The first-order valence-corrected chi connectivity index (χ1v) is 2.70. The van der Waals surface area contributed by atoms with Crippen LogP contribution in [-0.4, -0.2) is 11.1 Å². The van der Waals surface area contributed by atoms with Crippen LogP contribution in [-0.2, 0) is 4.79 Å². The van der Waals surface area contributed by atoms with Crippen molar-refractivity contribution in [2.45, 2.75) is 6.42 Å². The van der Waals surface area contributed by atoms with Crippen LogP contribution < -0.4 is 0 Å². The van der Waals surface area contributed by atoms with Crippen LogP contribution in [0.4, 0.5) is 0 Å². The third kappa shape index (κ3) is 6.44. The number of hydrogen-bond acceptors (Lipinski definition) is 2. The highest BCUT2D eigenvalue weighted by Gasteiger charge is 1.79. The minimum absolute atomic E-state index is 0.309. The summed E-state index contributed by atoms with van der Waals surface area (Å²) < 4.78 is 0. The molecule has 10 heavy (non-hydrogen) atoms. The predicted octanol–water partition coefficient (Wildman–Crippen LogP) is 1.10. The summed E-state index contributed by atoms with van der Waals surface area (Å²) >= 11 is 0. The molecule has 0 amide bonds. The SMILES string of the molecule is N#CCC=CC=CC(=O)O. The fourth-order valence-electron chi connectivity index (χ4n) is 0.337. The zero-order valence-electron chi connectivity index (χ0n) is 5.32. The van der Waals surface area contributed by atoms with Crippen LogP contribution >= 0.6 is 0 Å². The van der Waals surface area contributed by atoms with E-state index in [1.807, 2.05) is 6.07 Å². The number of aliphatic carboxylic acids is 1. The molecule has 52 valence electrons. The third-order valence-corrected chi connectivity index (χ3v) is 0.695. The first-order chi connectivity index (χ1) is 4.77. The second-order valence-corrected chi connectivity index (χ2v) is 1.49.